The number of hydrogen-bond acceptors (Lipinski definition) is 2. The Morgan fingerprint density at radius 1 is 1.29 bits per heavy atom. The predicted molar refractivity (Wildman–Crippen MR) is 55.6 cm³/mol. The minimum atomic E-state index is -0.351. The molecule has 0 radical (unpaired) electrons. The summed E-state index contributed by atoms with van der Waals surface area (Å²) in [5.74, 6) is -0.351. The van der Waals surface area contributed by atoms with Crippen LogP contribution in [0.2, 0.25) is 0 Å². The van der Waals surface area contributed by atoms with Crippen LogP contribution in [0.3, 0.4) is 0 Å². The monoisotopic (exact) mass is 208 g/mol. The summed E-state index contributed by atoms with van der Waals surface area (Å²) in [4.78, 5) is 0. The van der Waals surface area contributed by atoms with Crippen molar-refractivity contribution in [3.8, 4) is 11.1 Å². The zero-order valence-corrected chi connectivity index (χ0v) is 8.22. The first-order valence-corrected chi connectivity index (χ1v) is 5.18. The maximum atomic E-state index is 13.3. The van der Waals surface area contributed by atoms with Gasteiger partial charge in [0.25, 0.3) is 0 Å². The van der Waals surface area contributed by atoms with E-state index in [9.17, 15) is 4.39 Å². The van der Waals surface area contributed by atoms with Crippen molar-refractivity contribution in [2.45, 2.75) is 6.61 Å². The molecule has 1 heterocycles. The molecule has 1 aromatic carbocycles. The smallest absolute Gasteiger partial charge is 0.129 e. The van der Waals surface area contributed by atoms with E-state index in [4.69, 9.17) is 5.11 Å². The molecule has 1 aromatic heterocycles. The van der Waals surface area contributed by atoms with Crippen molar-refractivity contribution in [3.05, 3.63) is 46.4 Å². The average molecular weight is 208 g/mol. The van der Waals surface area contributed by atoms with Crippen LogP contribution in [0.5, 0.6) is 0 Å². The molecule has 0 spiro atoms. The quantitative estimate of drug-likeness (QED) is 0.804. The van der Waals surface area contributed by atoms with Gasteiger partial charge in [-0.05, 0) is 34.0 Å². The lowest BCUT2D eigenvalue weighted by Gasteiger charge is -2.05. The molecular weight excluding hydrogens is 199 g/mol. The minimum absolute atomic E-state index is 0.266. The Labute approximate surface area is 85.5 Å². The van der Waals surface area contributed by atoms with E-state index in [0.29, 0.717) is 5.56 Å². The summed E-state index contributed by atoms with van der Waals surface area (Å²) < 4.78 is 13.3. The topological polar surface area (TPSA) is 20.2 Å². The Hall–Kier alpha value is -1.19. The van der Waals surface area contributed by atoms with E-state index in [1.54, 1.807) is 17.4 Å². The number of rotatable bonds is 2. The highest BCUT2D eigenvalue weighted by Crippen LogP contribution is 2.27. The van der Waals surface area contributed by atoms with Crippen LogP contribution >= 0.6 is 11.3 Å². The van der Waals surface area contributed by atoms with Gasteiger partial charge in [-0.25, -0.2) is 4.39 Å². The third-order valence-electron chi connectivity index (χ3n) is 2.11. The zero-order chi connectivity index (χ0) is 9.97. The number of benzene rings is 1. The molecule has 14 heavy (non-hydrogen) atoms. The van der Waals surface area contributed by atoms with Crippen molar-refractivity contribution in [3.63, 3.8) is 0 Å². The van der Waals surface area contributed by atoms with E-state index in [-0.39, 0.29) is 12.4 Å². The highest BCUT2D eigenvalue weighted by molar-refractivity contribution is 7.08. The molecule has 0 aliphatic heterocycles. The Balaban J connectivity index is 2.58. The van der Waals surface area contributed by atoms with Crippen LogP contribution < -0.4 is 0 Å². The maximum Gasteiger partial charge on any atom is 0.129 e. The molecule has 72 valence electrons. The van der Waals surface area contributed by atoms with Crippen LogP contribution in [0.1, 0.15) is 5.56 Å². The van der Waals surface area contributed by atoms with E-state index in [1.807, 2.05) is 22.9 Å². The van der Waals surface area contributed by atoms with Gasteiger partial charge < -0.3 is 5.11 Å². The van der Waals surface area contributed by atoms with Gasteiger partial charge in [0.05, 0.1) is 6.61 Å². The fraction of sp³-hybridized carbons (Fsp3) is 0.0909. The lowest BCUT2D eigenvalue weighted by molar-refractivity contribution is 0.276. The summed E-state index contributed by atoms with van der Waals surface area (Å²) >= 11 is 1.56. The summed E-state index contributed by atoms with van der Waals surface area (Å²) in [7, 11) is 0. The molecule has 0 unspecified atom stereocenters. The van der Waals surface area contributed by atoms with Gasteiger partial charge in [0, 0.05) is 5.56 Å². The predicted octanol–water partition coefficient (Wildman–Crippen LogP) is 3.05. The average Bonchev–Trinajstić information content (AvgIpc) is 2.70. The molecule has 0 aliphatic carbocycles. The Morgan fingerprint density at radius 3 is 2.79 bits per heavy atom. The summed E-state index contributed by atoms with van der Waals surface area (Å²) in [5.41, 5.74) is 2.10. The van der Waals surface area contributed by atoms with E-state index in [2.05, 4.69) is 0 Å². The number of thiophene rings is 1. The second kappa shape index (κ2) is 3.90. The van der Waals surface area contributed by atoms with Crippen LogP contribution in [0.4, 0.5) is 4.39 Å². The van der Waals surface area contributed by atoms with Crippen molar-refractivity contribution in [1.29, 1.82) is 0 Å². The van der Waals surface area contributed by atoms with Crippen molar-refractivity contribution in [2.75, 3.05) is 0 Å². The van der Waals surface area contributed by atoms with Gasteiger partial charge in [-0.2, -0.15) is 11.3 Å². The van der Waals surface area contributed by atoms with Crippen molar-refractivity contribution >= 4 is 11.3 Å². The molecule has 3 heteroatoms. The zero-order valence-electron chi connectivity index (χ0n) is 7.40. The second-order valence-corrected chi connectivity index (χ2v) is 3.72. The van der Waals surface area contributed by atoms with Gasteiger partial charge >= 0.3 is 0 Å². The molecule has 0 atom stereocenters. The van der Waals surface area contributed by atoms with Gasteiger partial charge in [0.15, 0.2) is 0 Å². The summed E-state index contributed by atoms with van der Waals surface area (Å²) in [5, 5.41) is 12.9. The molecule has 2 aromatic rings. The van der Waals surface area contributed by atoms with Crippen LogP contribution in [-0.4, -0.2) is 5.11 Å². The summed E-state index contributed by atoms with van der Waals surface area (Å²) in [6.45, 7) is -0.266. The highest BCUT2D eigenvalue weighted by atomic mass is 32.1. The fourth-order valence-electron chi connectivity index (χ4n) is 1.41. The molecule has 0 aliphatic rings. The van der Waals surface area contributed by atoms with Crippen molar-refractivity contribution in [2.24, 2.45) is 0 Å². The first-order chi connectivity index (χ1) is 6.83. The number of hydrogen-bond donors (Lipinski definition) is 1. The number of aliphatic hydroxyl groups excluding tert-OH is 1. The number of halogens is 1. The fourth-order valence-corrected chi connectivity index (χ4v) is 2.06. The van der Waals surface area contributed by atoms with Crippen LogP contribution in [0.15, 0.2) is 35.0 Å². The largest absolute Gasteiger partial charge is 0.392 e. The maximum absolute atomic E-state index is 13.3. The minimum Gasteiger partial charge on any atom is -0.392 e. The van der Waals surface area contributed by atoms with Gasteiger partial charge in [-0.3, -0.25) is 0 Å². The Morgan fingerprint density at radius 2 is 2.14 bits per heavy atom. The molecular formula is C11H9FOS. The molecule has 1 nitrogen and oxygen atoms in total. The van der Waals surface area contributed by atoms with Gasteiger partial charge in [-0.15, -0.1) is 0 Å². The Kier molecular flexibility index (Phi) is 2.61. The standard InChI is InChI=1S/C11H9FOS/c12-11-3-1-2-9(10(11)6-13)8-4-5-14-7-8/h1-5,7,13H,6H2. The summed E-state index contributed by atoms with van der Waals surface area (Å²) in [6, 6.07) is 6.75. The molecule has 0 fully saturated rings. The summed E-state index contributed by atoms with van der Waals surface area (Å²) in [6.07, 6.45) is 0. The van der Waals surface area contributed by atoms with Crippen LogP contribution in [-0.2, 0) is 6.61 Å². The van der Waals surface area contributed by atoms with Crippen LogP contribution in [0.25, 0.3) is 11.1 Å². The number of aliphatic hydroxyl groups is 1. The Bertz CT molecular complexity index is 423. The van der Waals surface area contributed by atoms with E-state index >= 15 is 0 Å². The van der Waals surface area contributed by atoms with Gasteiger partial charge in [0.1, 0.15) is 5.82 Å². The van der Waals surface area contributed by atoms with E-state index in [0.717, 1.165) is 11.1 Å². The van der Waals surface area contributed by atoms with Gasteiger partial charge in [-0.1, -0.05) is 12.1 Å². The first-order valence-electron chi connectivity index (χ1n) is 4.23. The second-order valence-electron chi connectivity index (χ2n) is 2.94. The normalized spacial score (nSPS) is 10.4. The van der Waals surface area contributed by atoms with E-state index < -0.39 is 0 Å². The SMILES string of the molecule is OCc1c(F)cccc1-c1ccsc1. The highest BCUT2D eigenvalue weighted by Gasteiger charge is 2.08. The van der Waals surface area contributed by atoms with Crippen molar-refractivity contribution in [1.82, 2.24) is 0 Å². The van der Waals surface area contributed by atoms with Crippen molar-refractivity contribution < 1.29 is 9.50 Å². The lowest BCUT2D eigenvalue weighted by atomic mass is 10.0. The molecule has 1 N–H and O–H groups in total. The molecule has 0 amide bonds. The lowest BCUT2D eigenvalue weighted by Crippen LogP contribution is -1.92. The first kappa shape index (κ1) is 9.37. The van der Waals surface area contributed by atoms with Gasteiger partial charge in [0.2, 0.25) is 0 Å². The molecule has 2 rings (SSSR count). The third kappa shape index (κ3) is 1.56. The molecule has 0 saturated carbocycles. The third-order valence-corrected chi connectivity index (χ3v) is 2.79. The molecule has 0 saturated heterocycles. The molecule has 0 bridgehead atoms. The van der Waals surface area contributed by atoms with E-state index in [1.165, 1.54) is 6.07 Å². The van der Waals surface area contributed by atoms with Crippen LogP contribution in [0, 0.1) is 5.82 Å².